The standard InChI is InChI=1S/C26H22N2O7S/c1-15(29)16-4-8-19(9-5-16)36(30,31)35-18-7-10-20-23(13-18)34-26(28)21(14-27)25(20)17-6-11-22(32-2)24(12-17)33-3/h4-13,25H,28H2,1-3H3. The molecule has 0 aliphatic carbocycles. The van der Waals surface area contributed by atoms with Gasteiger partial charge in [-0.2, -0.15) is 13.7 Å². The number of carbonyl (C=O) groups excluding carboxylic acids is 1. The first-order chi connectivity index (χ1) is 17.2. The van der Waals surface area contributed by atoms with Gasteiger partial charge in [-0.05, 0) is 42.8 Å². The van der Waals surface area contributed by atoms with E-state index >= 15 is 0 Å². The van der Waals surface area contributed by atoms with Crippen LogP contribution in [0.15, 0.2) is 77.0 Å². The lowest BCUT2D eigenvalue weighted by atomic mass is 9.83. The summed E-state index contributed by atoms with van der Waals surface area (Å²) in [5.74, 6) is 0.343. The van der Waals surface area contributed by atoms with E-state index in [2.05, 4.69) is 6.07 Å². The zero-order chi connectivity index (χ0) is 26.0. The molecule has 0 saturated carbocycles. The molecule has 1 atom stereocenters. The molecule has 2 N–H and O–H groups in total. The Morgan fingerprint density at radius 3 is 2.31 bits per heavy atom. The van der Waals surface area contributed by atoms with Gasteiger partial charge in [0.05, 0.1) is 20.1 Å². The number of nitrogens with two attached hydrogens (primary N) is 1. The third kappa shape index (κ3) is 4.56. The number of benzene rings is 3. The molecule has 3 aromatic carbocycles. The Kier molecular flexibility index (Phi) is 6.59. The van der Waals surface area contributed by atoms with Crippen LogP contribution >= 0.6 is 0 Å². The number of fused-ring (bicyclic) bond motifs is 1. The second kappa shape index (κ2) is 9.64. The van der Waals surface area contributed by atoms with Crippen molar-refractivity contribution in [1.82, 2.24) is 0 Å². The second-order valence-corrected chi connectivity index (χ2v) is 9.40. The average Bonchev–Trinajstić information content (AvgIpc) is 2.87. The number of methoxy groups -OCH3 is 2. The summed E-state index contributed by atoms with van der Waals surface area (Å²) in [7, 11) is -1.16. The Balaban J connectivity index is 1.71. The molecule has 3 aromatic rings. The molecule has 0 fully saturated rings. The number of nitriles is 1. The molecule has 9 nitrogen and oxygen atoms in total. The normalized spacial score (nSPS) is 14.8. The molecule has 1 heterocycles. The van der Waals surface area contributed by atoms with Gasteiger partial charge in [0.2, 0.25) is 5.88 Å². The van der Waals surface area contributed by atoms with Crippen LogP contribution in [0.2, 0.25) is 0 Å². The Morgan fingerprint density at radius 1 is 1.00 bits per heavy atom. The summed E-state index contributed by atoms with van der Waals surface area (Å²) in [5, 5.41) is 9.78. The van der Waals surface area contributed by atoms with E-state index in [9.17, 15) is 18.5 Å². The van der Waals surface area contributed by atoms with Crippen LogP contribution in [0.5, 0.6) is 23.0 Å². The van der Waals surface area contributed by atoms with E-state index in [0.717, 1.165) is 0 Å². The summed E-state index contributed by atoms with van der Waals surface area (Å²) >= 11 is 0. The Morgan fingerprint density at radius 2 is 1.69 bits per heavy atom. The third-order valence-corrected chi connectivity index (χ3v) is 6.95. The maximum absolute atomic E-state index is 12.8. The van der Waals surface area contributed by atoms with Crippen molar-refractivity contribution in [1.29, 1.82) is 5.26 Å². The minimum Gasteiger partial charge on any atom is -0.493 e. The molecule has 1 aliphatic heterocycles. The van der Waals surface area contributed by atoms with E-state index < -0.39 is 16.0 Å². The van der Waals surface area contributed by atoms with Gasteiger partial charge in [-0.1, -0.05) is 24.3 Å². The molecule has 0 amide bonds. The molecule has 0 aromatic heterocycles. The topological polar surface area (TPSA) is 138 Å². The van der Waals surface area contributed by atoms with Gasteiger partial charge < -0.3 is 24.1 Å². The lowest BCUT2D eigenvalue weighted by Gasteiger charge is -2.27. The molecule has 10 heteroatoms. The fraction of sp³-hybridized carbons (Fsp3) is 0.154. The third-order valence-electron chi connectivity index (χ3n) is 5.69. The van der Waals surface area contributed by atoms with Gasteiger partial charge in [-0.3, -0.25) is 4.79 Å². The number of ketones is 1. The second-order valence-electron chi connectivity index (χ2n) is 7.86. The number of hydrogen-bond acceptors (Lipinski definition) is 9. The largest absolute Gasteiger partial charge is 0.493 e. The van der Waals surface area contributed by atoms with Gasteiger partial charge in [0.1, 0.15) is 28.0 Å². The fourth-order valence-electron chi connectivity index (χ4n) is 3.89. The van der Waals surface area contributed by atoms with E-state index in [-0.39, 0.29) is 33.6 Å². The number of allylic oxidation sites excluding steroid dienone is 1. The van der Waals surface area contributed by atoms with Gasteiger partial charge in [-0.15, -0.1) is 0 Å². The van der Waals surface area contributed by atoms with Gasteiger partial charge in [0.15, 0.2) is 17.3 Å². The number of nitrogens with zero attached hydrogens (tertiary/aromatic N) is 1. The number of rotatable bonds is 7. The Bertz CT molecular complexity index is 1520. The minimum absolute atomic E-state index is 0.0105. The summed E-state index contributed by atoms with van der Waals surface area (Å²) < 4.78 is 47.2. The summed E-state index contributed by atoms with van der Waals surface area (Å²) in [6.07, 6.45) is 0. The van der Waals surface area contributed by atoms with Crippen LogP contribution in [0.1, 0.15) is 34.3 Å². The molecule has 184 valence electrons. The van der Waals surface area contributed by atoms with Crippen LogP contribution in [0.4, 0.5) is 0 Å². The van der Waals surface area contributed by atoms with Crippen molar-refractivity contribution in [3.8, 4) is 29.1 Å². The van der Waals surface area contributed by atoms with Gasteiger partial charge in [0.25, 0.3) is 0 Å². The van der Waals surface area contributed by atoms with Crippen molar-refractivity contribution in [2.45, 2.75) is 17.7 Å². The predicted octanol–water partition coefficient (Wildman–Crippen LogP) is 3.89. The van der Waals surface area contributed by atoms with Crippen molar-refractivity contribution in [2.75, 3.05) is 14.2 Å². The smallest absolute Gasteiger partial charge is 0.339 e. The predicted molar refractivity (Wildman–Crippen MR) is 130 cm³/mol. The maximum atomic E-state index is 12.8. The van der Waals surface area contributed by atoms with Crippen molar-refractivity contribution in [3.63, 3.8) is 0 Å². The molecule has 0 radical (unpaired) electrons. The first-order valence-corrected chi connectivity index (χ1v) is 12.1. The van der Waals surface area contributed by atoms with Crippen molar-refractivity contribution in [3.05, 3.63) is 88.8 Å². The first kappa shape index (κ1) is 24.6. The highest BCUT2D eigenvalue weighted by atomic mass is 32.2. The molecular formula is C26H22N2O7S. The summed E-state index contributed by atoms with van der Waals surface area (Å²) in [6, 6.07) is 17.2. The zero-order valence-electron chi connectivity index (χ0n) is 19.6. The van der Waals surface area contributed by atoms with E-state index in [1.165, 1.54) is 57.5 Å². The number of ether oxygens (including phenoxy) is 3. The first-order valence-electron chi connectivity index (χ1n) is 10.7. The fourth-order valence-corrected chi connectivity index (χ4v) is 4.82. The van der Waals surface area contributed by atoms with E-state index in [4.69, 9.17) is 24.1 Å². The molecule has 36 heavy (non-hydrogen) atoms. The molecule has 0 spiro atoms. The number of carbonyl (C=O) groups is 1. The van der Waals surface area contributed by atoms with Crippen LogP contribution in [-0.2, 0) is 10.1 Å². The Labute approximate surface area is 208 Å². The molecule has 0 bridgehead atoms. The lowest BCUT2D eigenvalue weighted by Crippen LogP contribution is -2.21. The van der Waals surface area contributed by atoms with Crippen LogP contribution in [-0.4, -0.2) is 28.4 Å². The molecule has 0 saturated heterocycles. The SMILES string of the molecule is COc1ccc(C2C(C#N)=C(N)Oc3cc(OS(=O)(=O)c4ccc(C(C)=O)cc4)ccc32)cc1OC. The average molecular weight is 507 g/mol. The summed E-state index contributed by atoms with van der Waals surface area (Å²) in [4.78, 5) is 11.3. The van der Waals surface area contributed by atoms with Gasteiger partial charge in [0, 0.05) is 17.2 Å². The maximum Gasteiger partial charge on any atom is 0.339 e. The van der Waals surface area contributed by atoms with Crippen LogP contribution in [0, 0.1) is 11.3 Å². The monoisotopic (exact) mass is 506 g/mol. The van der Waals surface area contributed by atoms with E-state index in [0.29, 0.717) is 28.2 Å². The Hall–Kier alpha value is -4.49. The summed E-state index contributed by atoms with van der Waals surface area (Å²) in [6.45, 7) is 1.39. The molecule has 1 aliphatic rings. The van der Waals surface area contributed by atoms with Crippen LogP contribution < -0.4 is 24.1 Å². The van der Waals surface area contributed by atoms with Crippen molar-refractivity contribution < 1.29 is 31.6 Å². The quantitative estimate of drug-likeness (QED) is 0.373. The highest BCUT2D eigenvalue weighted by Crippen LogP contribution is 2.45. The summed E-state index contributed by atoms with van der Waals surface area (Å²) in [5.41, 5.74) is 7.92. The van der Waals surface area contributed by atoms with Gasteiger partial charge in [-0.25, -0.2) is 0 Å². The highest BCUT2D eigenvalue weighted by molar-refractivity contribution is 7.87. The van der Waals surface area contributed by atoms with Crippen LogP contribution in [0.3, 0.4) is 0 Å². The molecule has 4 rings (SSSR count). The highest BCUT2D eigenvalue weighted by Gasteiger charge is 2.32. The van der Waals surface area contributed by atoms with Crippen molar-refractivity contribution in [2.24, 2.45) is 5.73 Å². The molecular weight excluding hydrogens is 484 g/mol. The van der Waals surface area contributed by atoms with Crippen LogP contribution in [0.25, 0.3) is 0 Å². The number of hydrogen-bond donors (Lipinski definition) is 1. The van der Waals surface area contributed by atoms with E-state index in [1.807, 2.05) is 0 Å². The molecule has 1 unspecified atom stereocenters. The lowest BCUT2D eigenvalue weighted by molar-refractivity contribution is 0.101. The minimum atomic E-state index is -4.19. The zero-order valence-corrected chi connectivity index (χ0v) is 20.5. The van der Waals surface area contributed by atoms with Gasteiger partial charge >= 0.3 is 10.1 Å². The van der Waals surface area contributed by atoms with E-state index in [1.54, 1.807) is 24.3 Å². The van der Waals surface area contributed by atoms with Crippen molar-refractivity contribution >= 4 is 15.9 Å². The number of Topliss-reactive ketones (excluding diaryl/α,β-unsaturated/α-hetero) is 1.